The zero-order valence-electron chi connectivity index (χ0n) is 17.0. The molecule has 0 unspecified atom stereocenters. The van der Waals surface area contributed by atoms with Crippen LogP contribution in [0, 0.1) is 5.92 Å². The number of benzene rings is 2. The smallest absolute Gasteiger partial charge is 0.328 e. The van der Waals surface area contributed by atoms with Crippen LogP contribution in [0.1, 0.15) is 67.8 Å². The number of hydrogen-bond donors (Lipinski definition) is 1. The van der Waals surface area contributed by atoms with Gasteiger partial charge in [-0.05, 0) is 47.2 Å². The molecule has 0 heterocycles. The van der Waals surface area contributed by atoms with Crippen molar-refractivity contribution >= 4 is 22.6 Å². The maximum absolute atomic E-state index is 12.9. The fourth-order valence-electron chi connectivity index (χ4n) is 4.24. The third-order valence-corrected chi connectivity index (χ3v) is 5.79. The number of aryl methyl sites for hydroxylation is 1. The lowest BCUT2D eigenvalue weighted by atomic mass is 9.84. The van der Waals surface area contributed by atoms with Crippen LogP contribution in [-0.2, 0) is 16.0 Å². The SMILES string of the molecule is CCCc1ccc2ccc(C(=O)N[C@H](CC3CCCCC3)C(=O)OC)cc2c1. The summed E-state index contributed by atoms with van der Waals surface area (Å²) in [7, 11) is 1.38. The molecular formula is C24H31NO3. The summed E-state index contributed by atoms with van der Waals surface area (Å²) in [5.74, 6) is -0.0923. The fourth-order valence-corrected chi connectivity index (χ4v) is 4.24. The Kier molecular flexibility index (Phi) is 7.07. The van der Waals surface area contributed by atoms with Gasteiger partial charge in [0.05, 0.1) is 7.11 Å². The van der Waals surface area contributed by atoms with Crippen LogP contribution < -0.4 is 5.32 Å². The minimum absolute atomic E-state index is 0.214. The first-order chi connectivity index (χ1) is 13.6. The first-order valence-corrected chi connectivity index (χ1v) is 10.5. The highest BCUT2D eigenvalue weighted by Gasteiger charge is 2.27. The third-order valence-electron chi connectivity index (χ3n) is 5.79. The Hall–Kier alpha value is -2.36. The molecule has 1 amide bonds. The number of nitrogens with one attached hydrogen (secondary N) is 1. The van der Waals surface area contributed by atoms with E-state index < -0.39 is 6.04 Å². The molecule has 4 heteroatoms. The summed E-state index contributed by atoms with van der Waals surface area (Å²) < 4.78 is 4.95. The molecule has 0 aliphatic heterocycles. The fraction of sp³-hybridized carbons (Fsp3) is 0.500. The predicted molar refractivity (Wildman–Crippen MR) is 112 cm³/mol. The Balaban J connectivity index is 1.75. The summed E-state index contributed by atoms with van der Waals surface area (Å²) in [4.78, 5) is 25.1. The van der Waals surface area contributed by atoms with E-state index in [2.05, 4.69) is 30.4 Å². The standard InChI is InChI=1S/C24H31NO3/c1-3-7-17-10-11-19-12-13-20(16-21(19)14-17)23(26)25-22(24(27)28-2)15-18-8-5-4-6-9-18/h10-14,16,18,22H,3-9,15H2,1-2H3,(H,25,26)/t22-/m1/s1. The molecule has 2 aromatic carbocycles. The average molecular weight is 382 g/mol. The first kappa shape index (κ1) is 20.4. The third kappa shape index (κ3) is 5.12. The van der Waals surface area contributed by atoms with Crippen molar-refractivity contribution in [2.24, 2.45) is 5.92 Å². The number of amides is 1. The summed E-state index contributed by atoms with van der Waals surface area (Å²) in [5, 5.41) is 5.09. The lowest BCUT2D eigenvalue weighted by Crippen LogP contribution is -2.43. The van der Waals surface area contributed by atoms with Crippen LogP contribution in [0.25, 0.3) is 10.8 Å². The molecular weight excluding hydrogens is 350 g/mol. The molecule has 2 aromatic rings. The Morgan fingerprint density at radius 3 is 2.54 bits per heavy atom. The quantitative estimate of drug-likeness (QED) is 0.684. The van der Waals surface area contributed by atoms with Crippen LogP contribution in [0.3, 0.4) is 0 Å². The van der Waals surface area contributed by atoms with E-state index in [-0.39, 0.29) is 11.9 Å². The molecule has 0 radical (unpaired) electrons. The summed E-state index contributed by atoms with van der Waals surface area (Å²) >= 11 is 0. The van der Waals surface area contributed by atoms with Crippen molar-refractivity contribution < 1.29 is 14.3 Å². The molecule has 150 valence electrons. The molecule has 3 rings (SSSR count). The van der Waals surface area contributed by atoms with Gasteiger partial charge in [-0.25, -0.2) is 4.79 Å². The van der Waals surface area contributed by atoms with Crippen LogP contribution in [-0.4, -0.2) is 25.0 Å². The molecule has 1 aliphatic rings. The number of carbonyl (C=O) groups is 2. The summed E-state index contributed by atoms with van der Waals surface area (Å²) in [6.07, 6.45) is 8.70. The van der Waals surface area contributed by atoms with Crippen molar-refractivity contribution in [1.82, 2.24) is 5.32 Å². The monoisotopic (exact) mass is 381 g/mol. The van der Waals surface area contributed by atoms with E-state index in [4.69, 9.17) is 4.74 Å². The molecule has 0 bridgehead atoms. The van der Waals surface area contributed by atoms with Crippen molar-refractivity contribution in [2.45, 2.75) is 64.3 Å². The number of fused-ring (bicyclic) bond motifs is 1. The molecule has 0 spiro atoms. The molecule has 1 N–H and O–H groups in total. The number of rotatable bonds is 7. The highest BCUT2D eigenvalue weighted by molar-refractivity contribution is 6.00. The van der Waals surface area contributed by atoms with E-state index in [1.165, 1.54) is 31.9 Å². The Bertz CT molecular complexity index is 824. The molecule has 1 fully saturated rings. The van der Waals surface area contributed by atoms with Gasteiger partial charge in [-0.15, -0.1) is 0 Å². The largest absolute Gasteiger partial charge is 0.467 e. The van der Waals surface area contributed by atoms with Gasteiger partial charge >= 0.3 is 5.97 Å². The molecule has 28 heavy (non-hydrogen) atoms. The second-order valence-corrected chi connectivity index (χ2v) is 7.94. The van der Waals surface area contributed by atoms with E-state index >= 15 is 0 Å². The van der Waals surface area contributed by atoms with Crippen LogP contribution >= 0.6 is 0 Å². The predicted octanol–water partition coefficient (Wildman–Crippen LogP) is 5.03. The summed E-state index contributed by atoms with van der Waals surface area (Å²) in [5.41, 5.74) is 1.86. The first-order valence-electron chi connectivity index (χ1n) is 10.5. The van der Waals surface area contributed by atoms with Gasteiger partial charge in [0.15, 0.2) is 0 Å². The highest BCUT2D eigenvalue weighted by atomic mass is 16.5. The Labute approximate surface area is 167 Å². The normalized spacial score (nSPS) is 15.9. The Morgan fingerprint density at radius 2 is 1.82 bits per heavy atom. The zero-order valence-corrected chi connectivity index (χ0v) is 17.0. The van der Waals surface area contributed by atoms with Crippen molar-refractivity contribution in [2.75, 3.05) is 7.11 Å². The lowest BCUT2D eigenvalue weighted by molar-refractivity contribution is -0.143. The van der Waals surface area contributed by atoms with Crippen LogP contribution in [0.2, 0.25) is 0 Å². The van der Waals surface area contributed by atoms with Gasteiger partial charge in [0, 0.05) is 5.56 Å². The highest BCUT2D eigenvalue weighted by Crippen LogP contribution is 2.28. The molecule has 1 atom stereocenters. The number of carbonyl (C=O) groups excluding carboxylic acids is 2. The molecule has 4 nitrogen and oxygen atoms in total. The number of methoxy groups -OCH3 is 1. The summed E-state index contributed by atoms with van der Waals surface area (Å²) in [6, 6.07) is 11.5. The second-order valence-electron chi connectivity index (χ2n) is 7.94. The van der Waals surface area contributed by atoms with Gasteiger partial charge in [-0.2, -0.15) is 0 Å². The van der Waals surface area contributed by atoms with E-state index in [0.717, 1.165) is 36.5 Å². The van der Waals surface area contributed by atoms with Crippen molar-refractivity contribution in [3.8, 4) is 0 Å². The number of ether oxygens (including phenoxy) is 1. The van der Waals surface area contributed by atoms with Gasteiger partial charge < -0.3 is 10.1 Å². The minimum Gasteiger partial charge on any atom is -0.467 e. The topological polar surface area (TPSA) is 55.4 Å². The Morgan fingerprint density at radius 1 is 1.07 bits per heavy atom. The zero-order chi connectivity index (χ0) is 19.9. The van der Waals surface area contributed by atoms with E-state index in [1.807, 2.05) is 18.2 Å². The summed E-state index contributed by atoms with van der Waals surface area (Å²) in [6.45, 7) is 2.16. The minimum atomic E-state index is -0.581. The average Bonchev–Trinajstić information content (AvgIpc) is 2.73. The van der Waals surface area contributed by atoms with E-state index in [1.54, 1.807) is 0 Å². The number of esters is 1. The van der Waals surface area contributed by atoms with Crippen LogP contribution in [0.5, 0.6) is 0 Å². The van der Waals surface area contributed by atoms with Crippen LogP contribution in [0.15, 0.2) is 36.4 Å². The molecule has 0 aromatic heterocycles. The van der Waals surface area contributed by atoms with Gasteiger partial charge in [0.2, 0.25) is 0 Å². The van der Waals surface area contributed by atoms with Crippen molar-refractivity contribution in [3.63, 3.8) is 0 Å². The van der Waals surface area contributed by atoms with Gasteiger partial charge in [0.25, 0.3) is 5.91 Å². The van der Waals surface area contributed by atoms with Gasteiger partial charge in [-0.3, -0.25) is 4.79 Å². The van der Waals surface area contributed by atoms with Gasteiger partial charge in [0.1, 0.15) is 6.04 Å². The van der Waals surface area contributed by atoms with Crippen molar-refractivity contribution in [3.05, 3.63) is 47.5 Å². The van der Waals surface area contributed by atoms with E-state index in [9.17, 15) is 9.59 Å². The van der Waals surface area contributed by atoms with Crippen LogP contribution in [0.4, 0.5) is 0 Å². The second kappa shape index (κ2) is 9.72. The van der Waals surface area contributed by atoms with Crippen molar-refractivity contribution in [1.29, 1.82) is 0 Å². The van der Waals surface area contributed by atoms with E-state index in [0.29, 0.717) is 17.9 Å². The number of hydrogen-bond acceptors (Lipinski definition) is 3. The molecule has 0 saturated heterocycles. The maximum atomic E-state index is 12.9. The molecule has 1 aliphatic carbocycles. The van der Waals surface area contributed by atoms with Gasteiger partial charge in [-0.1, -0.05) is 69.7 Å². The molecule has 1 saturated carbocycles. The lowest BCUT2D eigenvalue weighted by Gasteiger charge is -2.25. The maximum Gasteiger partial charge on any atom is 0.328 e.